The molecule has 0 saturated heterocycles. The van der Waals surface area contributed by atoms with Crippen molar-refractivity contribution in [2.45, 2.75) is 51.4 Å². The van der Waals surface area contributed by atoms with E-state index in [1.807, 2.05) is 83.6 Å². The lowest BCUT2D eigenvalue weighted by Crippen LogP contribution is -2.29. The molecule has 2 aliphatic rings. The number of ketones is 2. The lowest BCUT2D eigenvalue weighted by atomic mass is 10.2. The number of carboxylic acids is 1. The first kappa shape index (κ1) is 38.1. The first-order valence-electron chi connectivity index (χ1n) is 17.2. The Hall–Kier alpha value is -4.66. The van der Waals surface area contributed by atoms with Crippen LogP contribution in [0, 0.1) is 0 Å². The minimum absolute atomic E-state index is 0.0222. The number of aromatic nitrogens is 2. The summed E-state index contributed by atoms with van der Waals surface area (Å²) in [5.41, 5.74) is 11.7. The van der Waals surface area contributed by atoms with Crippen LogP contribution in [0.15, 0.2) is 83.6 Å². The van der Waals surface area contributed by atoms with Crippen molar-refractivity contribution < 1.29 is 24.3 Å². The molecule has 53 heavy (non-hydrogen) atoms. The normalized spacial score (nSPS) is 12.5. The van der Waals surface area contributed by atoms with E-state index < -0.39 is 5.97 Å². The van der Waals surface area contributed by atoms with Gasteiger partial charge in [0.15, 0.2) is 11.6 Å². The van der Waals surface area contributed by atoms with Gasteiger partial charge >= 0.3 is 5.97 Å². The number of aromatic carboxylic acids is 1. The van der Waals surface area contributed by atoms with E-state index >= 15 is 0 Å². The number of benzene rings is 2. The molecular weight excluding hydrogens is 745 g/mol. The van der Waals surface area contributed by atoms with E-state index in [1.54, 1.807) is 11.3 Å². The van der Waals surface area contributed by atoms with Crippen molar-refractivity contribution >= 4 is 68.8 Å². The summed E-state index contributed by atoms with van der Waals surface area (Å²) < 4.78 is 0. The summed E-state index contributed by atoms with van der Waals surface area (Å²) in [6.07, 6.45) is 7.24. The molecule has 0 spiro atoms. The zero-order valence-electron chi connectivity index (χ0n) is 28.8. The number of amides is 1. The number of nitrogens with zero attached hydrogens (tertiary/aromatic N) is 2. The van der Waals surface area contributed by atoms with Crippen LogP contribution in [0.1, 0.15) is 63.1 Å². The first-order valence-corrected chi connectivity index (χ1v) is 20.6. The molecule has 13 heteroatoms. The molecule has 0 aliphatic heterocycles. The highest BCUT2D eigenvalue weighted by molar-refractivity contribution is 7.14. The average molecular weight is 783 g/mol. The lowest BCUT2D eigenvalue weighted by Gasteiger charge is -2.02. The molecule has 4 aromatic heterocycles. The van der Waals surface area contributed by atoms with Gasteiger partial charge in [-0.15, -0.1) is 45.3 Å². The highest BCUT2D eigenvalue weighted by Gasteiger charge is 2.20. The fraction of sp³-hybridized carbons (Fsp3) is 0.250. The average Bonchev–Trinajstić information content (AvgIpc) is 4.02. The number of nitrogens with one attached hydrogen (secondary N) is 1. The number of rotatable bonds is 11. The Balaban J connectivity index is 0.000000151. The topological polar surface area (TPSA) is 152 Å². The van der Waals surface area contributed by atoms with Gasteiger partial charge < -0.3 is 16.2 Å². The van der Waals surface area contributed by atoms with Gasteiger partial charge in [0, 0.05) is 31.6 Å². The monoisotopic (exact) mass is 782 g/mol. The van der Waals surface area contributed by atoms with E-state index in [9.17, 15) is 19.2 Å². The molecule has 0 unspecified atom stereocenters. The van der Waals surface area contributed by atoms with Gasteiger partial charge in [-0.1, -0.05) is 60.7 Å². The number of hydrogen-bond donors (Lipinski definition) is 3. The number of thiophene rings is 2. The van der Waals surface area contributed by atoms with Crippen LogP contribution in [0.2, 0.25) is 0 Å². The van der Waals surface area contributed by atoms with E-state index in [0.717, 1.165) is 58.2 Å². The maximum Gasteiger partial charge on any atom is 0.345 e. The third-order valence-electron chi connectivity index (χ3n) is 8.54. The largest absolute Gasteiger partial charge is 0.477 e. The predicted molar refractivity (Wildman–Crippen MR) is 214 cm³/mol. The van der Waals surface area contributed by atoms with Crippen molar-refractivity contribution in [2.24, 2.45) is 5.73 Å². The summed E-state index contributed by atoms with van der Waals surface area (Å²) in [6.45, 7) is 0.127. The van der Waals surface area contributed by atoms with Crippen molar-refractivity contribution in [2.75, 3.05) is 13.1 Å². The summed E-state index contributed by atoms with van der Waals surface area (Å²) in [4.78, 5) is 58.8. The van der Waals surface area contributed by atoms with Crippen molar-refractivity contribution in [1.29, 1.82) is 0 Å². The molecule has 0 fully saturated rings. The van der Waals surface area contributed by atoms with Crippen molar-refractivity contribution in [3.63, 3.8) is 0 Å². The molecule has 4 N–H and O–H groups in total. The van der Waals surface area contributed by atoms with Gasteiger partial charge in [0.05, 0.1) is 42.2 Å². The van der Waals surface area contributed by atoms with Crippen LogP contribution >= 0.6 is 45.3 Å². The molecule has 8 rings (SSSR count). The van der Waals surface area contributed by atoms with Crippen LogP contribution in [0.5, 0.6) is 0 Å². The maximum atomic E-state index is 12.2. The van der Waals surface area contributed by atoms with Gasteiger partial charge in [0.1, 0.15) is 14.9 Å². The van der Waals surface area contributed by atoms with Crippen LogP contribution in [-0.2, 0) is 48.1 Å². The zero-order chi connectivity index (χ0) is 37.2. The van der Waals surface area contributed by atoms with E-state index in [0.29, 0.717) is 16.2 Å². The van der Waals surface area contributed by atoms with Gasteiger partial charge in [-0.3, -0.25) is 14.4 Å². The number of carboxylic acid groups (broad SMARTS) is 1. The molecule has 2 aromatic carbocycles. The SMILES string of the molecule is NCC(=O)Cc1nc(-c2ccccc2)cs1.O=C(CNC(=O)c1cc2c(s1)CCC2)Cc1nc(-c2ccccc2)cs1.O=C(O)c1cc2c(s1)CCC2. The Kier molecular flexibility index (Phi) is 13.2. The summed E-state index contributed by atoms with van der Waals surface area (Å²) in [5, 5.41) is 16.9. The lowest BCUT2D eigenvalue weighted by molar-refractivity contribution is -0.118. The van der Waals surface area contributed by atoms with Crippen molar-refractivity contribution in [3.05, 3.63) is 124 Å². The number of nitrogens with two attached hydrogens (primary N) is 1. The Bertz CT molecular complexity index is 2140. The van der Waals surface area contributed by atoms with Crippen LogP contribution < -0.4 is 11.1 Å². The fourth-order valence-electron chi connectivity index (χ4n) is 5.88. The third kappa shape index (κ3) is 10.5. The Morgan fingerprint density at radius 1 is 0.679 bits per heavy atom. The maximum absolute atomic E-state index is 12.2. The minimum Gasteiger partial charge on any atom is -0.477 e. The Morgan fingerprint density at radius 3 is 1.66 bits per heavy atom. The second kappa shape index (κ2) is 18.4. The first-order chi connectivity index (χ1) is 25.7. The standard InChI is InChI=1S/C20H18N2O2S2.C12H12N2OS.C8H8O2S/c23-15(10-19-22-16(12-25-19)13-5-2-1-3-6-13)11-21-20(24)18-9-14-7-4-8-17(14)26-18;13-7-10(15)6-12-14-11(8-16-12)9-4-2-1-3-5-9;9-8(10)7-4-5-2-1-3-6(5)11-7/h1-3,5-6,9,12H,4,7-8,10-11H2,(H,21,24);1-5,8H,6-7,13H2;4H,1-3H2,(H,9,10). The summed E-state index contributed by atoms with van der Waals surface area (Å²) in [5.74, 6) is -0.948. The second-order valence-electron chi connectivity index (χ2n) is 12.4. The molecule has 2 aliphatic carbocycles. The molecule has 4 heterocycles. The number of fused-ring (bicyclic) bond motifs is 2. The summed E-state index contributed by atoms with van der Waals surface area (Å²) >= 11 is 5.96. The molecular formula is C40H38N4O5S4. The van der Waals surface area contributed by atoms with E-state index in [1.165, 1.54) is 67.7 Å². The molecule has 0 bridgehead atoms. The van der Waals surface area contributed by atoms with Crippen LogP contribution in [0.3, 0.4) is 0 Å². The van der Waals surface area contributed by atoms with Crippen molar-refractivity contribution in [3.8, 4) is 22.5 Å². The molecule has 0 radical (unpaired) electrons. The molecule has 9 nitrogen and oxygen atoms in total. The molecule has 6 aromatic rings. The van der Waals surface area contributed by atoms with Crippen LogP contribution in [0.4, 0.5) is 0 Å². The number of thiazole rings is 2. The summed E-state index contributed by atoms with van der Waals surface area (Å²) in [6, 6.07) is 23.6. The van der Waals surface area contributed by atoms with Crippen LogP contribution in [-0.4, -0.2) is 51.6 Å². The van der Waals surface area contributed by atoms with Crippen LogP contribution in [0.25, 0.3) is 22.5 Å². The van der Waals surface area contributed by atoms with E-state index in [2.05, 4.69) is 15.3 Å². The number of Topliss-reactive ketones (excluding diaryl/α,β-unsaturated/α-hetero) is 2. The number of carbonyl (C=O) groups excluding carboxylic acids is 3. The zero-order valence-corrected chi connectivity index (χ0v) is 32.1. The highest BCUT2D eigenvalue weighted by atomic mass is 32.1. The molecule has 1 amide bonds. The smallest absolute Gasteiger partial charge is 0.345 e. The van der Waals surface area contributed by atoms with Gasteiger partial charge in [-0.2, -0.15) is 0 Å². The van der Waals surface area contributed by atoms with Gasteiger partial charge in [-0.05, 0) is 61.8 Å². The fourth-order valence-corrected chi connectivity index (χ4v) is 9.81. The number of carbonyl (C=O) groups is 4. The second-order valence-corrected chi connectivity index (χ2v) is 16.6. The molecule has 0 saturated carbocycles. The highest BCUT2D eigenvalue weighted by Crippen LogP contribution is 2.31. The summed E-state index contributed by atoms with van der Waals surface area (Å²) in [7, 11) is 0. The minimum atomic E-state index is -0.788. The predicted octanol–water partition coefficient (Wildman–Crippen LogP) is 7.72. The van der Waals surface area contributed by atoms with Gasteiger partial charge in [-0.25, -0.2) is 14.8 Å². The molecule has 0 atom stereocenters. The van der Waals surface area contributed by atoms with Gasteiger partial charge in [0.25, 0.3) is 5.91 Å². The number of aryl methyl sites for hydroxylation is 4. The third-order valence-corrected chi connectivity index (χ3v) is 12.7. The Labute approximate surface area is 323 Å². The Morgan fingerprint density at radius 2 is 1.17 bits per heavy atom. The van der Waals surface area contributed by atoms with E-state index in [4.69, 9.17) is 10.8 Å². The van der Waals surface area contributed by atoms with E-state index in [-0.39, 0.29) is 37.0 Å². The van der Waals surface area contributed by atoms with Gasteiger partial charge in [0.2, 0.25) is 0 Å². The molecule has 272 valence electrons. The number of hydrogen-bond acceptors (Lipinski definition) is 11. The van der Waals surface area contributed by atoms with Crippen molar-refractivity contribution in [1.82, 2.24) is 15.3 Å². The quantitative estimate of drug-likeness (QED) is 0.121.